The Morgan fingerprint density at radius 3 is 2.59 bits per heavy atom. The monoisotopic (exact) mass is 610 g/mol. The lowest BCUT2D eigenvalue weighted by Gasteiger charge is -2.47. The van der Waals surface area contributed by atoms with Gasteiger partial charge >= 0.3 is 12.1 Å². The predicted molar refractivity (Wildman–Crippen MR) is 147 cm³/mol. The average molecular weight is 611 g/mol. The summed E-state index contributed by atoms with van der Waals surface area (Å²) in [7, 11) is 0. The van der Waals surface area contributed by atoms with E-state index in [-0.39, 0.29) is 42.7 Å². The van der Waals surface area contributed by atoms with Gasteiger partial charge in [0.15, 0.2) is 0 Å². The lowest BCUT2D eigenvalue weighted by molar-refractivity contribution is -0.150. The van der Waals surface area contributed by atoms with Crippen LogP contribution in [0.5, 0.6) is 0 Å². The first-order valence-electron chi connectivity index (χ1n) is 12.5. The molecular formula is C26H28ClFN4O8S. The molecule has 0 aliphatic carbocycles. The molecule has 41 heavy (non-hydrogen) atoms. The summed E-state index contributed by atoms with van der Waals surface area (Å²) in [4.78, 5) is 66.0. The first kappa shape index (κ1) is 30.4. The summed E-state index contributed by atoms with van der Waals surface area (Å²) in [5.74, 6) is -3.26. The van der Waals surface area contributed by atoms with Gasteiger partial charge < -0.3 is 34.9 Å². The van der Waals surface area contributed by atoms with E-state index in [0.717, 1.165) is 27.2 Å². The third-order valence-corrected chi connectivity index (χ3v) is 8.58. The maximum atomic E-state index is 15.2. The van der Waals surface area contributed by atoms with Crippen LogP contribution in [-0.4, -0.2) is 90.2 Å². The molecule has 0 bridgehead atoms. The van der Waals surface area contributed by atoms with Crippen LogP contribution in [0.2, 0.25) is 4.34 Å². The molecule has 1 aromatic heterocycles. The second-order valence-electron chi connectivity index (χ2n) is 10.1. The summed E-state index contributed by atoms with van der Waals surface area (Å²) >= 11 is 6.97. The standard InChI is InChI=1S/C26H28ClFN4O8S/c1-25(2,26(29,7-9-33)23(36)37)32(22(35)19-5-6-20(27)41-19)13-16-12-31(24(38)40-16)18-4-3-15(11-17(18)28)30-8-10-39-14-21(30)34/h3-6,9,11,16H,7-8,10,12-14,29H2,1-2H3,(H,36,37)/t16-,26-/m1/s1. The summed E-state index contributed by atoms with van der Waals surface area (Å²) in [6.45, 7) is 2.73. The Bertz CT molecular complexity index is 1390. The van der Waals surface area contributed by atoms with Crippen LogP contribution >= 0.6 is 22.9 Å². The number of ether oxygens (including phenoxy) is 2. The number of thiophene rings is 1. The number of nitrogens with two attached hydrogens (primary N) is 1. The number of morpholine rings is 1. The van der Waals surface area contributed by atoms with E-state index in [1.165, 1.54) is 43.0 Å². The van der Waals surface area contributed by atoms with E-state index in [1.54, 1.807) is 0 Å². The number of aliphatic carboxylic acids is 1. The van der Waals surface area contributed by atoms with Crippen LogP contribution in [0.1, 0.15) is 29.9 Å². The highest BCUT2D eigenvalue weighted by Crippen LogP contribution is 2.35. The largest absolute Gasteiger partial charge is 0.480 e. The Morgan fingerprint density at radius 1 is 1.27 bits per heavy atom. The Morgan fingerprint density at radius 2 is 2.00 bits per heavy atom. The smallest absolute Gasteiger partial charge is 0.414 e. The molecule has 15 heteroatoms. The van der Waals surface area contributed by atoms with Crippen LogP contribution in [0, 0.1) is 5.82 Å². The van der Waals surface area contributed by atoms with Gasteiger partial charge in [0.25, 0.3) is 11.8 Å². The number of hydrogen-bond donors (Lipinski definition) is 2. The van der Waals surface area contributed by atoms with Gasteiger partial charge in [-0.15, -0.1) is 11.3 Å². The third kappa shape index (κ3) is 5.77. The minimum Gasteiger partial charge on any atom is -0.480 e. The van der Waals surface area contributed by atoms with Gasteiger partial charge in [0.1, 0.15) is 30.4 Å². The van der Waals surface area contributed by atoms with Crippen LogP contribution in [0.3, 0.4) is 0 Å². The number of carbonyl (C=O) groups is 5. The SMILES string of the molecule is CC(C)(N(C[C@H]1CN(c2ccc(N3CCOCC3=O)cc2F)C(=O)O1)C(=O)c1ccc(Cl)s1)[C@@](N)(CC=O)C(=O)O. The fourth-order valence-electron chi connectivity index (χ4n) is 4.79. The number of rotatable bonds is 10. The number of amides is 3. The highest BCUT2D eigenvalue weighted by atomic mass is 35.5. The Kier molecular flexibility index (Phi) is 8.68. The highest BCUT2D eigenvalue weighted by molar-refractivity contribution is 7.18. The zero-order chi connectivity index (χ0) is 30.1. The molecule has 3 amide bonds. The van der Waals surface area contributed by atoms with E-state index in [2.05, 4.69) is 0 Å². The van der Waals surface area contributed by atoms with Crippen LogP contribution in [0.15, 0.2) is 30.3 Å². The van der Waals surface area contributed by atoms with Crippen LogP contribution in [0.4, 0.5) is 20.6 Å². The number of carboxylic acid groups (broad SMARTS) is 1. The first-order valence-corrected chi connectivity index (χ1v) is 13.7. The van der Waals surface area contributed by atoms with E-state index in [9.17, 15) is 29.1 Å². The zero-order valence-corrected chi connectivity index (χ0v) is 23.7. The van der Waals surface area contributed by atoms with E-state index in [1.807, 2.05) is 0 Å². The summed E-state index contributed by atoms with van der Waals surface area (Å²) in [6.07, 6.45) is -2.16. The molecule has 220 valence electrons. The molecule has 3 heterocycles. The second-order valence-corrected chi connectivity index (χ2v) is 11.8. The number of carboxylic acids is 1. The van der Waals surface area contributed by atoms with Crippen molar-refractivity contribution in [1.29, 1.82) is 0 Å². The molecule has 2 aromatic rings. The minimum absolute atomic E-state index is 0.108. The number of hydrogen-bond acceptors (Lipinski definition) is 9. The molecule has 12 nitrogen and oxygen atoms in total. The second kappa shape index (κ2) is 11.7. The van der Waals surface area contributed by atoms with Crippen molar-refractivity contribution in [1.82, 2.24) is 4.90 Å². The van der Waals surface area contributed by atoms with Gasteiger partial charge in [-0.2, -0.15) is 0 Å². The van der Waals surface area contributed by atoms with Gasteiger partial charge in [-0.05, 0) is 44.2 Å². The fraction of sp³-hybridized carbons (Fsp3) is 0.423. The maximum absolute atomic E-state index is 15.2. The van der Waals surface area contributed by atoms with Crippen molar-refractivity contribution < 1.29 is 42.9 Å². The van der Waals surface area contributed by atoms with Gasteiger partial charge in [-0.3, -0.25) is 19.3 Å². The topological polar surface area (TPSA) is 160 Å². The lowest BCUT2D eigenvalue weighted by atomic mass is 9.76. The molecule has 0 spiro atoms. The number of benzene rings is 1. The zero-order valence-electron chi connectivity index (χ0n) is 22.2. The van der Waals surface area contributed by atoms with Gasteiger partial charge in [0, 0.05) is 18.7 Å². The van der Waals surface area contributed by atoms with E-state index in [4.69, 9.17) is 26.8 Å². The van der Waals surface area contributed by atoms with E-state index in [0.29, 0.717) is 22.9 Å². The fourth-order valence-corrected chi connectivity index (χ4v) is 5.78. The molecule has 2 fully saturated rings. The summed E-state index contributed by atoms with van der Waals surface area (Å²) < 4.78 is 26.1. The van der Waals surface area contributed by atoms with Crippen molar-refractivity contribution in [3.63, 3.8) is 0 Å². The third-order valence-electron chi connectivity index (χ3n) is 7.36. The first-order chi connectivity index (χ1) is 19.3. The molecule has 2 saturated heterocycles. The van der Waals surface area contributed by atoms with Crippen molar-refractivity contribution in [3.05, 3.63) is 45.4 Å². The van der Waals surface area contributed by atoms with E-state index < -0.39 is 47.4 Å². The quantitative estimate of drug-likeness (QED) is 0.385. The maximum Gasteiger partial charge on any atom is 0.414 e. The van der Waals surface area contributed by atoms with Gasteiger partial charge in [0.05, 0.1) is 40.1 Å². The summed E-state index contributed by atoms with van der Waals surface area (Å²) in [5.41, 5.74) is 2.55. The number of nitrogens with zero attached hydrogens (tertiary/aromatic N) is 3. The van der Waals surface area contributed by atoms with Crippen molar-refractivity contribution in [2.24, 2.45) is 5.73 Å². The van der Waals surface area contributed by atoms with Crippen LogP contribution < -0.4 is 15.5 Å². The van der Waals surface area contributed by atoms with Gasteiger partial charge in [0.2, 0.25) is 0 Å². The summed E-state index contributed by atoms with van der Waals surface area (Å²) in [6, 6.07) is 6.93. The number of carbonyl (C=O) groups excluding carboxylic acids is 4. The highest BCUT2D eigenvalue weighted by Gasteiger charge is 2.54. The van der Waals surface area contributed by atoms with Crippen molar-refractivity contribution in [2.45, 2.75) is 37.5 Å². The van der Waals surface area contributed by atoms with Crippen molar-refractivity contribution in [2.75, 3.05) is 42.6 Å². The number of anilines is 2. The molecule has 0 saturated carbocycles. The molecule has 1 aromatic carbocycles. The summed E-state index contributed by atoms with van der Waals surface area (Å²) in [5, 5.41) is 9.95. The minimum atomic E-state index is -2.20. The van der Waals surface area contributed by atoms with Crippen molar-refractivity contribution in [3.8, 4) is 0 Å². The molecule has 3 N–H and O–H groups in total. The Balaban J connectivity index is 1.61. The molecule has 0 radical (unpaired) electrons. The molecule has 0 unspecified atom stereocenters. The number of aldehydes is 1. The van der Waals surface area contributed by atoms with Crippen LogP contribution in [-0.2, 0) is 23.9 Å². The molecule has 2 atom stereocenters. The normalized spacial score (nSPS) is 19.1. The lowest BCUT2D eigenvalue weighted by Crippen LogP contribution is -2.71. The number of cyclic esters (lactones) is 1. The number of halogens is 2. The predicted octanol–water partition coefficient (Wildman–Crippen LogP) is 2.52. The van der Waals surface area contributed by atoms with Crippen molar-refractivity contribution >= 4 is 64.5 Å². The van der Waals surface area contributed by atoms with Gasteiger partial charge in [-0.1, -0.05) is 11.6 Å². The van der Waals surface area contributed by atoms with Crippen LogP contribution in [0.25, 0.3) is 0 Å². The Labute approximate surface area is 243 Å². The van der Waals surface area contributed by atoms with E-state index >= 15 is 4.39 Å². The van der Waals surface area contributed by atoms with Gasteiger partial charge in [-0.25, -0.2) is 9.18 Å². The molecule has 2 aliphatic heterocycles. The molecular weight excluding hydrogens is 583 g/mol. The average Bonchev–Trinajstić information content (AvgIpc) is 3.52. The molecule has 4 rings (SSSR count). The molecule has 2 aliphatic rings. The Hall–Kier alpha value is -3.59.